The molecule has 1 aromatic heterocycles. The fourth-order valence-corrected chi connectivity index (χ4v) is 2.38. The highest BCUT2D eigenvalue weighted by molar-refractivity contribution is 5.13. The third kappa shape index (κ3) is 2.24. The first-order valence-electron chi connectivity index (χ1n) is 5.59. The van der Waals surface area contributed by atoms with Crippen molar-refractivity contribution in [3.05, 3.63) is 24.2 Å². The van der Waals surface area contributed by atoms with Gasteiger partial charge in [0.05, 0.1) is 18.6 Å². The van der Waals surface area contributed by atoms with Crippen molar-refractivity contribution >= 4 is 0 Å². The van der Waals surface area contributed by atoms with Crippen molar-refractivity contribution < 1.29 is 4.42 Å². The summed E-state index contributed by atoms with van der Waals surface area (Å²) in [4.78, 5) is 2.46. The molecule has 3 nitrogen and oxygen atoms in total. The Balaban J connectivity index is 2.09. The van der Waals surface area contributed by atoms with Gasteiger partial charge in [0.25, 0.3) is 0 Å². The third-order valence-corrected chi connectivity index (χ3v) is 3.30. The molecule has 2 rings (SSSR count). The van der Waals surface area contributed by atoms with Crippen molar-refractivity contribution in [2.24, 2.45) is 11.1 Å². The van der Waals surface area contributed by atoms with Crippen molar-refractivity contribution in [2.75, 3.05) is 19.6 Å². The smallest absolute Gasteiger partial charge is 0.0950 e. The predicted octanol–water partition coefficient (Wildman–Crippen LogP) is 2.01. The van der Waals surface area contributed by atoms with Gasteiger partial charge in [-0.1, -0.05) is 13.8 Å². The fourth-order valence-electron chi connectivity index (χ4n) is 2.38. The highest BCUT2D eigenvalue weighted by Gasteiger charge is 2.33. The molecule has 1 fully saturated rings. The van der Waals surface area contributed by atoms with Gasteiger partial charge >= 0.3 is 0 Å². The van der Waals surface area contributed by atoms with Crippen LogP contribution in [0.4, 0.5) is 0 Å². The van der Waals surface area contributed by atoms with Crippen LogP contribution in [0.15, 0.2) is 23.0 Å². The summed E-state index contributed by atoms with van der Waals surface area (Å²) in [6.07, 6.45) is 4.78. The Bertz CT molecular complexity index is 305. The normalized spacial score (nSPS) is 23.1. The van der Waals surface area contributed by atoms with Crippen LogP contribution >= 0.6 is 0 Å². The van der Waals surface area contributed by atoms with E-state index in [0.717, 1.165) is 13.1 Å². The molecule has 0 amide bonds. The Kier molecular flexibility index (Phi) is 2.85. The first kappa shape index (κ1) is 10.7. The Morgan fingerprint density at radius 2 is 2.40 bits per heavy atom. The minimum absolute atomic E-state index is 0.325. The highest BCUT2D eigenvalue weighted by Crippen LogP contribution is 2.34. The van der Waals surface area contributed by atoms with Crippen molar-refractivity contribution in [1.82, 2.24) is 4.90 Å². The van der Waals surface area contributed by atoms with Crippen LogP contribution in [-0.2, 0) is 0 Å². The predicted molar refractivity (Wildman–Crippen MR) is 60.5 cm³/mol. The molecule has 1 unspecified atom stereocenters. The summed E-state index contributed by atoms with van der Waals surface area (Å²) < 4.78 is 5.13. The molecular weight excluding hydrogens is 188 g/mol. The Hall–Kier alpha value is -0.800. The van der Waals surface area contributed by atoms with Gasteiger partial charge in [0, 0.05) is 18.7 Å². The summed E-state index contributed by atoms with van der Waals surface area (Å²) >= 11 is 0. The van der Waals surface area contributed by atoms with Crippen LogP contribution in [-0.4, -0.2) is 24.5 Å². The van der Waals surface area contributed by atoms with E-state index in [0.29, 0.717) is 18.0 Å². The largest absolute Gasteiger partial charge is 0.472 e. The first-order valence-corrected chi connectivity index (χ1v) is 5.59. The lowest BCUT2D eigenvalue weighted by Crippen LogP contribution is -2.32. The van der Waals surface area contributed by atoms with E-state index in [2.05, 4.69) is 18.7 Å². The third-order valence-electron chi connectivity index (χ3n) is 3.30. The van der Waals surface area contributed by atoms with Gasteiger partial charge in [-0.15, -0.1) is 0 Å². The molecule has 0 bridgehead atoms. The first-order chi connectivity index (χ1) is 7.12. The zero-order chi connectivity index (χ0) is 10.9. The number of hydrogen-bond donors (Lipinski definition) is 1. The quantitative estimate of drug-likeness (QED) is 0.826. The Labute approximate surface area is 91.2 Å². The number of likely N-dealkylation sites (tertiary alicyclic amines) is 1. The summed E-state index contributed by atoms with van der Waals surface area (Å²) in [7, 11) is 0. The summed E-state index contributed by atoms with van der Waals surface area (Å²) in [5.74, 6) is 0. The maximum Gasteiger partial charge on any atom is 0.0950 e. The standard InChI is InChI=1S/C12H20N2O/c1-12(2)4-5-14(9-12)11(7-13)10-3-6-15-8-10/h3,6,8,11H,4-5,7,9,13H2,1-2H3. The summed E-state index contributed by atoms with van der Waals surface area (Å²) in [5.41, 5.74) is 7.48. The monoisotopic (exact) mass is 208 g/mol. The minimum atomic E-state index is 0.325. The van der Waals surface area contributed by atoms with Crippen molar-refractivity contribution in [3.8, 4) is 0 Å². The Morgan fingerprint density at radius 1 is 1.60 bits per heavy atom. The number of hydrogen-bond acceptors (Lipinski definition) is 3. The number of furan rings is 1. The van der Waals surface area contributed by atoms with E-state index in [1.54, 1.807) is 6.26 Å². The molecule has 0 aromatic carbocycles. The average molecular weight is 208 g/mol. The molecule has 1 atom stereocenters. The molecule has 1 aliphatic heterocycles. The zero-order valence-corrected chi connectivity index (χ0v) is 9.57. The molecule has 3 heteroatoms. The molecular formula is C12H20N2O. The molecule has 15 heavy (non-hydrogen) atoms. The zero-order valence-electron chi connectivity index (χ0n) is 9.57. The van der Waals surface area contributed by atoms with Crippen LogP contribution in [0, 0.1) is 5.41 Å². The van der Waals surface area contributed by atoms with E-state index < -0.39 is 0 Å². The molecule has 2 heterocycles. The molecule has 1 saturated heterocycles. The second kappa shape index (κ2) is 3.99. The average Bonchev–Trinajstić information content (AvgIpc) is 2.77. The van der Waals surface area contributed by atoms with Gasteiger partial charge in [-0.3, -0.25) is 4.90 Å². The molecule has 0 radical (unpaired) electrons. The number of nitrogens with zero attached hydrogens (tertiary/aromatic N) is 1. The summed E-state index contributed by atoms with van der Waals surface area (Å²) in [6.45, 7) is 7.56. The van der Waals surface area contributed by atoms with Crippen LogP contribution in [0.5, 0.6) is 0 Å². The Morgan fingerprint density at radius 3 is 2.87 bits per heavy atom. The van der Waals surface area contributed by atoms with Gasteiger partial charge in [-0.05, 0) is 24.4 Å². The van der Waals surface area contributed by atoms with Crippen molar-refractivity contribution in [1.29, 1.82) is 0 Å². The number of nitrogens with two attached hydrogens (primary N) is 1. The second-order valence-corrected chi connectivity index (χ2v) is 5.19. The van der Waals surface area contributed by atoms with Gasteiger partial charge < -0.3 is 10.2 Å². The number of rotatable bonds is 3. The lowest BCUT2D eigenvalue weighted by Gasteiger charge is -2.27. The highest BCUT2D eigenvalue weighted by atomic mass is 16.3. The molecule has 2 N–H and O–H groups in total. The van der Waals surface area contributed by atoms with Crippen molar-refractivity contribution in [3.63, 3.8) is 0 Å². The van der Waals surface area contributed by atoms with E-state index in [1.807, 2.05) is 12.3 Å². The van der Waals surface area contributed by atoms with Crippen LogP contribution in [0.25, 0.3) is 0 Å². The molecule has 1 aliphatic rings. The summed E-state index contributed by atoms with van der Waals surface area (Å²) in [6, 6.07) is 2.34. The minimum Gasteiger partial charge on any atom is -0.472 e. The van der Waals surface area contributed by atoms with E-state index >= 15 is 0 Å². The second-order valence-electron chi connectivity index (χ2n) is 5.19. The molecule has 84 valence electrons. The van der Waals surface area contributed by atoms with E-state index in [4.69, 9.17) is 10.2 Å². The lowest BCUT2D eigenvalue weighted by atomic mass is 9.93. The maximum atomic E-state index is 5.85. The molecule has 0 saturated carbocycles. The van der Waals surface area contributed by atoms with Gasteiger partial charge in [0.1, 0.15) is 0 Å². The van der Waals surface area contributed by atoms with E-state index in [1.165, 1.54) is 12.0 Å². The topological polar surface area (TPSA) is 42.4 Å². The van der Waals surface area contributed by atoms with Gasteiger partial charge in [0.15, 0.2) is 0 Å². The summed E-state index contributed by atoms with van der Waals surface area (Å²) in [5, 5.41) is 0. The van der Waals surface area contributed by atoms with E-state index in [9.17, 15) is 0 Å². The van der Waals surface area contributed by atoms with Gasteiger partial charge in [-0.2, -0.15) is 0 Å². The van der Waals surface area contributed by atoms with Crippen LogP contribution in [0.3, 0.4) is 0 Å². The maximum absolute atomic E-state index is 5.85. The molecule has 0 aliphatic carbocycles. The SMILES string of the molecule is CC1(C)CCN(C(CN)c2ccoc2)C1. The fraction of sp³-hybridized carbons (Fsp3) is 0.667. The molecule has 0 spiro atoms. The van der Waals surface area contributed by atoms with Crippen LogP contribution < -0.4 is 5.73 Å². The van der Waals surface area contributed by atoms with Crippen LogP contribution in [0.2, 0.25) is 0 Å². The van der Waals surface area contributed by atoms with Crippen molar-refractivity contribution in [2.45, 2.75) is 26.3 Å². The van der Waals surface area contributed by atoms with E-state index in [-0.39, 0.29) is 0 Å². The van der Waals surface area contributed by atoms with Gasteiger partial charge in [-0.25, -0.2) is 0 Å². The van der Waals surface area contributed by atoms with Crippen LogP contribution in [0.1, 0.15) is 31.9 Å². The molecule has 1 aromatic rings. The lowest BCUT2D eigenvalue weighted by molar-refractivity contribution is 0.222. The van der Waals surface area contributed by atoms with Gasteiger partial charge in [0.2, 0.25) is 0 Å².